The van der Waals surface area contributed by atoms with Crippen molar-refractivity contribution in [3.63, 3.8) is 0 Å². The Balaban J connectivity index is 2.16. The van der Waals surface area contributed by atoms with Crippen LogP contribution in [0.5, 0.6) is 0 Å². The van der Waals surface area contributed by atoms with Gasteiger partial charge in [0.15, 0.2) is 5.13 Å². The van der Waals surface area contributed by atoms with E-state index in [4.69, 9.17) is 0 Å². The molecule has 2 aromatic rings. The number of rotatable bonds is 4. The summed E-state index contributed by atoms with van der Waals surface area (Å²) < 4.78 is 13.6. The Morgan fingerprint density at radius 1 is 1.40 bits per heavy atom. The topological polar surface area (TPSA) is 42.0 Å². The van der Waals surface area contributed by atoms with Crippen molar-refractivity contribution in [2.75, 3.05) is 5.32 Å². The lowest BCUT2D eigenvalue weighted by Gasteiger charge is -2.03. The molecule has 1 amide bonds. The summed E-state index contributed by atoms with van der Waals surface area (Å²) in [7, 11) is 0. The molecule has 1 heterocycles. The molecule has 0 unspecified atom stereocenters. The smallest absolute Gasteiger partial charge is 0.228 e. The highest BCUT2D eigenvalue weighted by Crippen LogP contribution is 2.26. The number of thiazole rings is 1. The monoisotopic (exact) mass is 292 g/mol. The van der Waals surface area contributed by atoms with Gasteiger partial charge in [0, 0.05) is 17.2 Å². The molecular formula is C15H17FN2OS. The average Bonchev–Trinajstić information content (AvgIpc) is 2.72. The third kappa shape index (κ3) is 3.42. The molecule has 0 spiro atoms. The standard InChI is InChI=1S/C15H17FN2OS/c1-9(2)14(19)18-15-17-10(3)13(20-15)8-11-6-4-5-7-12(11)16/h4-7,9H,8H2,1-3H3,(H,17,18,19). The summed E-state index contributed by atoms with van der Waals surface area (Å²) in [5, 5.41) is 3.35. The molecule has 0 aliphatic rings. The zero-order valence-corrected chi connectivity index (χ0v) is 12.6. The van der Waals surface area contributed by atoms with Crippen molar-refractivity contribution in [2.45, 2.75) is 27.2 Å². The lowest BCUT2D eigenvalue weighted by atomic mass is 10.1. The highest BCUT2D eigenvalue weighted by atomic mass is 32.1. The van der Waals surface area contributed by atoms with Gasteiger partial charge in [0.2, 0.25) is 5.91 Å². The van der Waals surface area contributed by atoms with E-state index in [1.807, 2.05) is 26.8 Å². The molecule has 20 heavy (non-hydrogen) atoms. The number of halogens is 1. The molecule has 0 bridgehead atoms. The summed E-state index contributed by atoms with van der Waals surface area (Å²) in [6.45, 7) is 5.53. The van der Waals surface area contributed by atoms with Crippen molar-refractivity contribution < 1.29 is 9.18 Å². The van der Waals surface area contributed by atoms with Crippen molar-refractivity contribution in [1.82, 2.24) is 4.98 Å². The second-order valence-corrected chi connectivity index (χ2v) is 6.02. The second kappa shape index (κ2) is 6.13. The molecule has 2 rings (SSSR count). The number of hydrogen-bond donors (Lipinski definition) is 1. The Morgan fingerprint density at radius 3 is 2.75 bits per heavy atom. The number of nitrogens with zero attached hydrogens (tertiary/aromatic N) is 1. The van der Waals surface area contributed by atoms with Crippen LogP contribution in [-0.4, -0.2) is 10.9 Å². The zero-order valence-electron chi connectivity index (χ0n) is 11.7. The summed E-state index contributed by atoms with van der Waals surface area (Å²) >= 11 is 1.40. The minimum Gasteiger partial charge on any atom is -0.302 e. The van der Waals surface area contributed by atoms with Crippen LogP contribution in [0.25, 0.3) is 0 Å². The fourth-order valence-electron chi connectivity index (χ4n) is 1.71. The number of benzene rings is 1. The first-order valence-electron chi connectivity index (χ1n) is 6.48. The van der Waals surface area contributed by atoms with E-state index < -0.39 is 0 Å². The van der Waals surface area contributed by atoms with Gasteiger partial charge in [-0.2, -0.15) is 0 Å². The van der Waals surface area contributed by atoms with E-state index in [2.05, 4.69) is 10.3 Å². The van der Waals surface area contributed by atoms with Gasteiger partial charge < -0.3 is 5.32 Å². The molecule has 0 saturated heterocycles. The van der Waals surface area contributed by atoms with Gasteiger partial charge in [-0.1, -0.05) is 32.0 Å². The number of nitrogens with one attached hydrogen (secondary N) is 1. The van der Waals surface area contributed by atoms with Gasteiger partial charge >= 0.3 is 0 Å². The van der Waals surface area contributed by atoms with Crippen molar-refractivity contribution in [1.29, 1.82) is 0 Å². The van der Waals surface area contributed by atoms with Gasteiger partial charge in [-0.05, 0) is 18.6 Å². The van der Waals surface area contributed by atoms with Crippen molar-refractivity contribution >= 4 is 22.4 Å². The summed E-state index contributed by atoms with van der Waals surface area (Å²) in [4.78, 5) is 16.9. The summed E-state index contributed by atoms with van der Waals surface area (Å²) in [5.41, 5.74) is 1.47. The molecule has 0 radical (unpaired) electrons. The highest BCUT2D eigenvalue weighted by Gasteiger charge is 2.13. The number of amides is 1. The number of aryl methyl sites for hydroxylation is 1. The van der Waals surface area contributed by atoms with E-state index in [-0.39, 0.29) is 17.6 Å². The first-order valence-corrected chi connectivity index (χ1v) is 7.29. The number of anilines is 1. The normalized spacial score (nSPS) is 10.8. The van der Waals surface area contributed by atoms with Gasteiger partial charge in [0.05, 0.1) is 5.69 Å². The maximum Gasteiger partial charge on any atom is 0.228 e. The van der Waals surface area contributed by atoms with Crippen LogP contribution in [0.2, 0.25) is 0 Å². The third-order valence-corrected chi connectivity index (χ3v) is 4.03. The highest BCUT2D eigenvalue weighted by molar-refractivity contribution is 7.15. The maximum atomic E-state index is 13.6. The van der Waals surface area contributed by atoms with Crippen molar-refractivity contribution in [3.05, 3.63) is 46.2 Å². The number of carbonyl (C=O) groups excluding carboxylic acids is 1. The van der Waals surface area contributed by atoms with E-state index in [0.717, 1.165) is 10.6 Å². The molecule has 1 N–H and O–H groups in total. The quantitative estimate of drug-likeness (QED) is 0.932. The van der Waals surface area contributed by atoms with E-state index in [9.17, 15) is 9.18 Å². The fraction of sp³-hybridized carbons (Fsp3) is 0.333. The van der Waals surface area contributed by atoms with Crippen LogP contribution >= 0.6 is 11.3 Å². The Bertz CT molecular complexity index is 622. The summed E-state index contributed by atoms with van der Waals surface area (Å²) in [6.07, 6.45) is 0.494. The van der Waals surface area contributed by atoms with E-state index >= 15 is 0 Å². The lowest BCUT2D eigenvalue weighted by molar-refractivity contribution is -0.118. The first kappa shape index (κ1) is 14.7. The molecule has 5 heteroatoms. The fourth-order valence-corrected chi connectivity index (χ4v) is 2.70. The molecular weight excluding hydrogens is 275 g/mol. The van der Waals surface area contributed by atoms with E-state index in [1.54, 1.807) is 12.1 Å². The number of hydrogen-bond acceptors (Lipinski definition) is 3. The lowest BCUT2D eigenvalue weighted by Crippen LogP contribution is -2.17. The molecule has 106 valence electrons. The van der Waals surface area contributed by atoms with Gasteiger partial charge in [-0.25, -0.2) is 9.37 Å². The molecule has 0 aliphatic carbocycles. The minimum absolute atomic E-state index is 0.0591. The van der Waals surface area contributed by atoms with E-state index in [1.165, 1.54) is 17.4 Å². The van der Waals surface area contributed by atoms with Gasteiger partial charge in [0.1, 0.15) is 5.82 Å². The molecule has 0 aliphatic heterocycles. The van der Waals surface area contributed by atoms with Crippen LogP contribution in [0, 0.1) is 18.7 Å². The van der Waals surface area contributed by atoms with Crippen molar-refractivity contribution in [3.8, 4) is 0 Å². The summed E-state index contributed by atoms with van der Waals surface area (Å²) in [5.74, 6) is -0.363. The zero-order chi connectivity index (χ0) is 14.7. The van der Waals surface area contributed by atoms with Crippen LogP contribution in [0.3, 0.4) is 0 Å². The Kier molecular flexibility index (Phi) is 4.49. The first-order chi connectivity index (χ1) is 9.47. The van der Waals surface area contributed by atoms with Crippen LogP contribution in [-0.2, 0) is 11.2 Å². The number of aromatic nitrogens is 1. The van der Waals surface area contributed by atoms with Crippen LogP contribution < -0.4 is 5.32 Å². The average molecular weight is 292 g/mol. The Hall–Kier alpha value is -1.75. The Morgan fingerprint density at radius 2 is 2.10 bits per heavy atom. The number of carbonyl (C=O) groups is 1. The van der Waals surface area contributed by atoms with Crippen LogP contribution in [0.4, 0.5) is 9.52 Å². The maximum absolute atomic E-state index is 13.6. The van der Waals surface area contributed by atoms with Gasteiger partial charge in [-0.15, -0.1) is 11.3 Å². The molecule has 1 aromatic heterocycles. The predicted octanol–water partition coefficient (Wildman–Crippen LogP) is 3.78. The van der Waals surface area contributed by atoms with Crippen LogP contribution in [0.15, 0.2) is 24.3 Å². The van der Waals surface area contributed by atoms with Gasteiger partial charge in [0.25, 0.3) is 0 Å². The largest absolute Gasteiger partial charge is 0.302 e. The van der Waals surface area contributed by atoms with Crippen molar-refractivity contribution in [2.24, 2.45) is 5.92 Å². The Labute approximate surface area is 121 Å². The second-order valence-electron chi connectivity index (χ2n) is 4.94. The van der Waals surface area contributed by atoms with Crippen LogP contribution in [0.1, 0.15) is 30.0 Å². The van der Waals surface area contributed by atoms with E-state index in [0.29, 0.717) is 17.1 Å². The summed E-state index contributed by atoms with van der Waals surface area (Å²) in [6, 6.07) is 6.71. The molecule has 0 atom stereocenters. The SMILES string of the molecule is Cc1nc(NC(=O)C(C)C)sc1Cc1ccccc1F. The minimum atomic E-state index is -0.215. The molecule has 1 aromatic carbocycles. The molecule has 0 fully saturated rings. The third-order valence-electron chi connectivity index (χ3n) is 2.96. The molecule has 3 nitrogen and oxygen atoms in total. The van der Waals surface area contributed by atoms with Gasteiger partial charge in [-0.3, -0.25) is 4.79 Å². The molecule has 0 saturated carbocycles. The predicted molar refractivity (Wildman–Crippen MR) is 79.5 cm³/mol.